The van der Waals surface area contributed by atoms with Gasteiger partial charge in [-0.25, -0.2) is 0 Å². The molecule has 0 heterocycles. The van der Waals surface area contributed by atoms with Crippen molar-refractivity contribution < 1.29 is 0 Å². The van der Waals surface area contributed by atoms with E-state index >= 15 is 0 Å². The molecule has 0 aliphatic rings. The number of benzene rings is 1. The monoisotopic (exact) mass is 282 g/mol. The van der Waals surface area contributed by atoms with Crippen LogP contribution in [-0.2, 0) is 0 Å². The molecule has 0 unspecified atom stereocenters. The Morgan fingerprint density at radius 1 is 1.39 bits per heavy atom. The zero-order chi connectivity index (χ0) is 13.6. The van der Waals surface area contributed by atoms with Crippen molar-refractivity contribution in [3.63, 3.8) is 0 Å². The van der Waals surface area contributed by atoms with Crippen molar-refractivity contribution in [3.05, 3.63) is 28.8 Å². The first-order valence-corrected chi connectivity index (χ1v) is 7.69. The van der Waals surface area contributed by atoms with Crippen LogP contribution < -0.4 is 5.32 Å². The highest BCUT2D eigenvalue weighted by molar-refractivity contribution is 8.00. The summed E-state index contributed by atoms with van der Waals surface area (Å²) in [7, 11) is 0. The fourth-order valence-corrected chi connectivity index (χ4v) is 2.85. The molecule has 0 bridgehead atoms. The fourth-order valence-electron chi connectivity index (χ4n) is 1.88. The summed E-state index contributed by atoms with van der Waals surface area (Å²) in [6, 6.07) is 7.55. The molecule has 0 fully saturated rings. The summed E-state index contributed by atoms with van der Waals surface area (Å²) in [4.78, 5) is 0. The Morgan fingerprint density at radius 3 is 2.56 bits per heavy atom. The minimum absolute atomic E-state index is 0.229. The maximum absolute atomic E-state index is 9.09. The van der Waals surface area contributed by atoms with Crippen LogP contribution in [0.2, 0.25) is 5.02 Å². The van der Waals surface area contributed by atoms with E-state index in [0.29, 0.717) is 10.6 Å². The zero-order valence-electron chi connectivity index (χ0n) is 11.1. The maximum Gasteiger partial charge on any atom is 0.101 e. The van der Waals surface area contributed by atoms with E-state index in [9.17, 15) is 0 Å². The second-order valence-electron chi connectivity index (χ2n) is 4.25. The van der Waals surface area contributed by atoms with E-state index in [2.05, 4.69) is 31.5 Å². The molecule has 0 spiro atoms. The van der Waals surface area contributed by atoms with Crippen LogP contribution >= 0.6 is 23.4 Å². The van der Waals surface area contributed by atoms with Gasteiger partial charge in [-0.05, 0) is 37.3 Å². The van der Waals surface area contributed by atoms with Gasteiger partial charge in [-0.2, -0.15) is 17.0 Å². The number of hydrogen-bond acceptors (Lipinski definition) is 3. The second kappa shape index (κ2) is 6.92. The summed E-state index contributed by atoms with van der Waals surface area (Å²) in [5.41, 5.74) is 1.46. The molecule has 0 radical (unpaired) electrons. The van der Waals surface area contributed by atoms with Crippen molar-refractivity contribution in [2.24, 2.45) is 0 Å². The number of rotatable bonds is 6. The van der Waals surface area contributed by atoms with Crippen molar-refractivity contribution in [2.75, 3.05) is 18.1 Å². The summed E-state index contributed by atoms with van der Waals surface area (Å²) in [6.07, 6.45) is 4.35. The van der Waals surface area contributed by atoms with Gasteiger partial charge in [0.15, 0.2) is 0 Å². The number of anilines is 1. The first-order valence-electron chi connectivity index (χ1n) is 6.09. The minimum Gasteiger partial charge on any atom is -0.383 e. The summed E-state index contributed by atoms with van der Waals surface area (Å²) in [6.45, 7) is 5.26. The highest BCUT2D eigenvalue weighted by atomic mass is 35.5. The number of hydrogen-bond donors (Lipinski definition) is 1. The molecule has 0 aliphatic carbocycles. The Balaban J connectivity index is 2.83. The summed E-state index contributed by atoms with van der Waals surface area (Å²) < 4.78 is 0.229. The van der Waals surface area contributed by atoms with E-state index in [1.165, 1.54) is 0 Å². The van der Waals surface area contributed by atoms with Crippen LogP contribution in [-0.4, -0.2) is 17.5 Å². The summed E-state index contributed by atoms with van der Waals surface area (Å²) in [5.74, 6) is 0. The van der Waals surface area contributed by atoms with Crippen molar-refractivity contribution in [3.8, 4) is 6.07 Å². The lowest BCUT2D eigenvalue weighted by molar-refractivity contribution is 0.574. The lowest BCUT2D eigenvalue weighted by Gasteiger charge is -2.30. The molecule has 0 aromatic heterocycles. The van der Waals surface area contributed by atoms with E-state index in [-0.39, 0.29) is 4.75 Å². The quantitative estimate of drug-likeness (QED) is 0.832. The molecule has 98 valence electrons. The molecule has 18 heavy (non-hydrogen) atoms. The Kier molecular flexibility index (Phi) is 5.84. The van der Waals surface area contributed by atoms with Gasteiger partial charge in [-0.1, -0.05) is 25.4 Å². The van der Waals surface area contributed by atoms with Crippen molar-refractivity contribution >= 4 is 29.1 Å². The molecule has 0 aliphatic heterocycles. The van der Waals surface area contributed by atoms with E-state index < -0.39 is 0 Å². The highest BCUT2D eigenvalue weighted by Gasteiger charge is 2.24. The molecule has 1 N–H and O–H groups in total. The Labute approximate surface area is 119 Å². The first-order chi connectivity index (χ1) is 8.60. The van der Waals surface area contributed by atoms with Gasteiger partial charge in [0.25, 0.3) is 0 Å². The van der Waals surface area contributed by atoms with Gasteiger partial charge in [-0.3, -0.25) is 0 Å². The third-order valence-electron chi connectivity index (χ3n) is 3.42. The van der Waals surface area contributed by atoms with Gasteiger partial charge >= 0.3 is 0 Å². The second-order valence-corrected chi connectivity index (χ2v) is 5.96. The predicted octanol–water partition coefficient (Wildman–Crippen LogP) is 4.55. The van der Waals surface area contributed by atoms with E-state index in [1.54, 1.807) is 6.07 Å². The summed E-state index contributed by atoms with van der Waals surface area (Å²) in [5, 5.41) is 13.1. The van der Waals surface area contributed by atoms with Crippen LogP contribution in [0, 0.1) is 11.3 Å². The molecule has 0 saturated carbocycles. The Morgan fingerprint density at radius 2 is 2.06 bits per heavy atom. The van der Waals surface area contributed by atoms with Crippen molar-refractivity contribution in [2.45, 2.75) is 31.4 Å². The molecule has 4 heteroatoms. The summed E-state index contributed by atoms with van der Waals surface area (Å²) >= 11 is 7.77. The average Bonchev–Trinajstić information content (AvgIpc) is 2.42. The molecule has 0 amide bonds. The maximum atomic E-state index is 9.09. The van der Waals surface area contributed by atoms with Gasteiger partial charge in [0.05, 0.1) is 11.3 Å². The van der Waals surface area contributed by atoms with Crippen LogP contribution in [0.5, 0.6) is 0 Å². The molecule has 1 aromatic carbocycles. The van der Waals surface area contributed by atoms with Crippen molar-refractivity contribution in [1.29, 1.82) is 5.26 Å². The molecule has 2 nitrogen and oxygen atoms in total. The largest absolute Gasteiger partial charge is 0.383 e. The number of halogens is 1. The third kappa shape index (κ3) is 3.57. The molecular formula is C14H19ClN2S. The topological polar surface area (TPSA) is 35.8 Å². The standard InChI is InChI=1S/C14H19ClN2S/c1-4-14(5-2,18-3)10-17-13-7-6-12(15)8-11(13)9-16/h6-8,17H,4-5,10H2,1-3H3. The molecule has 0 atom stereocenters. The normalized spacial score (nSPS) is 11.1. The van der Waals surface area contributed by atoms with Gasteiger partial charge in [0.2, 0.25) is 0 Å². The van der Waals surface area contributed by atoms with E-state index in [4.69, 9.17) is 16.9 Å². The Hall–Kier alpha value is -0.850. The van der Waals surface area contributed by atoms with Gasteiger partial charge in [0.1, 0.15) is 6.07 Å². The average molecular weight is 283 g/mol. The van der Waals surface area contributed by atoms with Crippen molar-refractivity contribution in [1.82, 2.24) is 0 Å². The lowest BCUT2D eigenvalue weighted by atomic mass is 10.0. The van der Waals surface area contributed by atoms with Gasteiger partial charge < -0.3 is 5.32 Å². The van der Waals surface area contributed by atoms with Crippen LogP contribution in [0.3, 0.4) is 0 Å². The van der Waals surface area contributed by atoms with Crippen LogP contribution in [0.1, 0.15) is 32.3 Å². The molecule has 0 saturated heterocycles. The molecular weight excluding hydrogens is 264 g/mol. The Bertz CT molecular complexity index is 428. The number of nitriles is 1. The van der Waals surface area contributed by atoms with E-state index in [1.807, 2.05) is 23.9 Å². The number of nitrogens with zero attached hydrogens (tertiary/aromatic N) is 1. The number of thioether (sulfide) groups is 1. The minimum atomic E-state index is 0.229. The van der Waals surface area contributed by atoms with E-state index in [0.717, 1.165) is 25.1 Å². The van der Waals surface area contributed by atoms with Crippen LogP contribution in [0.4, 0.5) is 5.69 Å². The van der Waals surface area contributed by atoms with Gasteiger partial charge in [-0.15, -0.1) is 0 Å². The number of nitrogens with one attached hydrogen (secondary N) is 1. The predicted molar refractivity (Wildman–Crippen MR) is 81.5 cm³/mol. The smallest absolute Gasteiger partial charge is 0.101 e. The van der Waals surface area contributed by atoms with Crippen LogP contribution in [0.15, 0.2) is 18.2 Å². The molecule has 1 aromatic rings. The SMILES string of the molecule is CCC(CC)(CNc1ccc(Cl)cc1C#N)SC. The zero-order valence-corrected chi connectivity index (χ0v) is 12.7. The van der Waals surface area contributed by atoms with Gasteiger partial charge in [0, 0.05) is 16.3 Å². The lowest BCUT2D eigenvalue weighted by Crippen LogP contribution is -2.32. The third-order valence-corrected chi connectivity index (χ3v) is 5.25. The first kappa shape index (κ1) is 15.2. The highest BCUT2D eigenvalue weighted by Crippen LogP contribution is 2.31. The van der Waals surface area contributed by atoms with Crippen LogP contribution in [0.25, 0.3) is 0 Å². The molecule has 1 rings (SSSR count). The fraction of sp³-hybridized carbons (Fsp3) is 0.500.